The molecule has 2 aromatic carbocycles. The van der Waals surface area contributed by atoms with Crippen molar-refractivity contribution in [3.05, 3.63) is 77.1 Å². The van der Waals surface area contributed by atoms with Gasteiger partial charge < -0.3 is 15.4 Å². The summed E-state index contributed by atoms with van der Waals surface area (Å²) in [5.41, 5.74) is 5.45. The van der Waals surface area contributed by atoms with Gasteiger partial charge in [0, 0.05) is 31.9 Å². The standard InChI is InChI=1S/C22H27N5O/c1-16-9-10-19(21(13-16)28-4)15-25-22(23-3)24-14-18-7-5-6-8-20(18)27-12-11-17(2)26-27/h5-13H,14-15H2,1-4H3,(H2,23,24,25). The van der Waals surface area contributed by atoms with Crippen molar-refractivity contribution in [3.63, 3.8) is 0 Å². The molecule has 0 fully saturated rings. The van der Waals surface area contributed by atoms with Gasteiger partial charge in [-0.15, -0.1) is 0 Å². The summed E-state index contributed by atoms with van der Waals surface area (Å²) in [6.45, 7) is 5.31. The number of aromatic nitrogens is 2. The smallest absolute Gasteiger partial charge is 0.191 e. The monoisotopic (exact) mass is 377 g/mol. The highest BCUT2D eigenvalue weighted by atomic mass is 16.5. The molecule has 0 saturated heterocycles. The topological polar surface area (TPSA) is 63.5 Å². The van der Waals surface area contributed by atoms with Gasteiger partial charge in [0.05, 0.1) is 18.5 Å². The molecular formula is C22H27N5O. The number of guanidine groups is 1. The van der Waals surface area contributed by atoms with Crippen molar-refractivity contribution in [3.8, 4) is 11.4 Å². The highest BCUT2D eigenvalue weighted by Gasteiger charge is 2.08. The fourth-order valence-corrected chi connectivity index (χ4v) is 3.01. The molecule has 0 aliphatic rings. The Morgan fingerprint density at radius 1 is 1.04 bits per heavy atom. The molecule has 146 valence electrons. The molecule has 0 aliphatic carbocycles. The van der Waals surface area contributed by atoms with Gasteiger partial charge in [0.2, 0.25) is 0 Å². The van der Waals surface area contributed by atoms with Crippen LogP contribution in [0.2, 0.25) is 0 Å². The predicted octanol–water partition coefficient (Wildman–Crippen LogP) is 3.36. The number of ether oxygens (including phenoxy) is 1. The van der Waals surface area contributed by atoms with Crippen LogP contribution in [0.4, 0.5) is 0 Å². The zero-order chi connectivity index (χ0) is 19.9. The lowest BCUT2D eigenvalue weighted by Gasteiger charge is -2.15. The highest BCUT2D eigenvalue weighted by Crippen LogP contribution is 2.19. The van der Waals surface area contributed by atoms with Gasteiger partial charge in [0.15, 0.2) is 5.96 Å². The molecule has 0 radical (unpaired) electrons. The molecule has 6 heteroatoms. The molecule has 2 N–H and O–H groups in total. The molecule has 0 bridgehead atoms. The minimum atomic E-state index is 0.628. The number of para-hydroxylation sites is 1. The van der Waals surface area contributed by atoms with Crippen molar-refractivity contribution in [2.45, 2.75) is 26.9 Å². The van der Waals surface area contributed by atoms with Crippen LogP contribution in [0.5, 0.6) is 5.75 Å². The Balaban J connectivity index is 1.66. The minimum Gasteiger partial charge on any atom is -0.496 e. The van der Waals surface area contributed by atoms with Crippen molar-refractivity contribution in [1.82, 2.24) is 20.4 Å². The van der Waals surface area contributed by atoms with E-state index >= 15 is 0 Å². The van der Waals surface area contributed by atoms with Crippen LogP contribution < -0.4 is 15.4 Å². The van der Waals surface area contributed by atoms with Gasteiger partial charge in [-0.2, -0.15) is 5.10 Å². The van der Waals surface area contributed by atoms with E-state index < -0.39 is 0 Å². The maximum Gasteiger partial charge on any atom is 0.191 e. The van der Waals surface area contributed by atoms with Crippen molar-refractivity contribution in [2.24, 2.45) is 4.99 Å². The van der Waals surface area contributed by atoms with Crippen molar-refractivity contribution in [1.29, 1.82) is 0 Å². The Labute approximate surface area is 166 Å². The second-order valence-corrected chi connectivity index (χ2v) is 6.63. The second-order valence-electron chi connectivity index (χ2n) is 6.63. The van der Waals surface area contributed by atoms with Crippen molar-refractivity contribution < 1.29 is 4.74 Å². The molecule has 28 heavy (non-hydrogen) atoms. The Morgan fingerprint density at radius 2 is 1.79 bits per heavy atom. The number of rotatable bonds is 6. The fourth-order valence-electron chi connectivity index (χ4n) is 3.01. The number of aliphatic imine (C=N–C) groups is 1. The molecule has 0 amide bonds. The maximum atomic E-state index is 5.48. The average Bonchev–Trinajstić information content (AvgIpc) is 3.15. The van der Waals surface area contributed by atoms with Crippen LogP contribution in [-0.4, -0.2) is 29.9 Å². The third-order valence-corrected chi connectivity index (χ3v) is 4.52. The summed E-state index contributed by atoms with van der Waals surface area (Å²) in [4.78, 5) is 4.33. The Hall–Kier alpha value is -3.28. The number of nitrogens with zero attached hydrogens (tertiary/aromatic N) is 3. The molecule has 0 atom stereocenters. The van der Waals surface area contributed by atoms with Gasteiger partial charge in [-0.1, -0.05) is 30.3 Å². The summed E-state index contributed by atoms with van der Waals surface area (Å²) >= 11 is 0. The quantitative estimate of drug-likeness (QED) is 0.511. The van der Waals surface area contributed by atoms with E-state index in [9.17, 15) is 0 Å². The number of benzene rings is 2. The second kappa shape index (κ2) is 9.08. The Bertz CT molecular complexity index is 961. The molecule has 0 unspecified atom stereocenters. The first kappa shape index (κ1) is 19.5. The van der Waals surface area contributed by atoms with Gasteiger partial charge in [-0.25, -0.2) is 4.68 Å². The lowest BCUT2D eigenvalue weighted by atomic mass is 10.1. The lowest BCUT2D eigenvalue weighted by molar-refractivity contribution is 0.408. The first-order valence-corrected chi connectivity index (χ1v) is 9.29. The zero-order valence-corrected chi connectivity index (χ0v) is 16.9. The Kier molecular flexibility index (Phi) is 6.32. The normalized spacial score (nSPS) is 11.4. The minimum absolute atomic E-state index is 0.628. The van der Waals surface area contributed by atoms with E-state index in [0.29, 0.717) is 13.1 Å². The number of nitrogens with one attached hydrogen (secondary N) is 2. The average molecular weight is 377 g/mol. The SMILES string of the molecule is CN=C(NCc1ccc(C)cc1OC)NCc1ccccc1-n1ccc(C)n1. The number of hydrogen-bond donors (Lipinski definition) is 2. The van der Waals surface area contributed by atoms with Gasteiger partial charge in [-0.3, -0.25) is 4.99 Å². The number of hydrogen-bond acceptors (Lipinski definition) is 3. The zero-order valence-electron chi connectivity index (χ0n) is 16.9. The third-order valence-electron chi connectivity index (χ3n) is 4.52. The Morgan fingerprint density at radius 3 is 2.46 bits per heavy atom. The summed E-state index contributed by atoms with van der Waals surface area (Å²) in [6, 6.07) is 16.4. The molecule has 1 heterocycles. The number of aryl methyl sites for hydroxylation is 2. The first-order chi connectivity index (χ1) is 13.6. The maximum absolute atomic E-state index is 5.48. The number of methoxy groups -OCH3 is 1. The molecule has 0 spiro atoms. The molecule has 0 saturated carbocycles. The van der Waals surface area contributed by atoms with E-state index in [1.807, 2.05) is 42.1 Å². The van der Waals surface area contributed by atoms with E-state index in [0.717, 1.165) is 34.2 Å². The summed E-state index contributed by atoms with van der Waals surface area (Å²) in [7, 11) is 3.46. The summed E-state index contributed by atoms with van der Waals surface area (Å²) in [5, 5.41) is 11.2. The summed E-state index contributed by atoms with van der Waals surface area (Å²) < 4.78 is 7.38. The third kappa shape index (κ3) is 4.71. The van der Waals surface area contributed by atoms with Gasteiger partial charge in [0.1, 0.15) is 5.75 Å². The van der Waals surface area contributed by atoms with Crippen LogP contribution in [0, 0.1) is 13.8 Å². The molecule has 3 rings (SSSR count). The predicted molar refractivity (Wildman–Crippen MR) is 113 cm³/mol. The van der Waals surface area contributed by atoms with Crippen LogP contribution in [0.15, 0.2) is 59.7 Å². The van der Waals surface area contributed by atoms with E-state index in [-0.39, 0.29) is 0 Å². The summed E-state index contributed by atoms with van der Waals surface area (Å²) in [6.07, 6.45) is 1.98. The summed E-state index contributed by atoms with van der Waals surface area (Å²) in [5.74, 6) is 1.61. The molecular weight excluding hydrogens is 350 g/mol. The largest absolute Gasteiger partial charge is 0.496 e. The molecule has 0 aliphatic heterocycles. The van der Waals surface area contributed by atoms with Crippen LogP contribution in [-0.2, 0) is 13.1 Å². The van der Waals surface area contributed by atoms with Crippen molar-refractivity contribution >= 4 is 5.96 Å². The van der Waals surface area contributed by atoms with E-state index in [2.05, 4.69) is 51.9 Å². The molecule has 3 aromatic rings. The van der Waals surface area contributed by atoms with Crippen LogP contribution in [0.25, 0.3) is 5.69 Å². The van der Waals surface area contributed by atoms with Crippen LogP contribution in [0.3, 0.4) is 0 Å². The van der Waals surface area contributed by atoms with Gasteiger partial charge in [0.25, 0.3) is 0 Å². The van der Waals surface area contributed by atoms with Gasteiger partial charge >= 0.3 is 0 Å². The highest BCUT2D eigenvalue weighted by molar-refractivity contribution is 5.79. The van der Waals surface area contributed by atoms with Crippen molar-refractivity contribution in [2.75, 3.05) is 14.2 Å². The van der Waals surface area contributed by atoms with Gasteiger partial charge in [-0.05, 0) is 43.2 Å². The van der Waals surface area contributed by atoms with Crippen LogP contribution in [0.1, 0.15) is 22.4 Å². The molecule has 6 nitrogen and oxygen atoms in total. The molecule has 1 aromatic heterocycles. The van der Waals surface area contributed by atoms with E-state index in [1.165, 1.54) is 5.56 Å². The lowest BCUT2D eigenvalue weighted by Crippen LogP contribution is -2.36. The van der Waals surface area contributed by atoms with E-state index in [1.54, 1.807) is 14.2 Å². The van der Waals surface area contributed by atoms with Crippen LogP contribution >= 0.6 is 0 Å². The first-order valence-electron chi connectivity index (χ1n) is 9.29. The fraction of sp³-hybridized carbons (Fsp3) is 0.273. The van der Waals surface area contributed by atoms with E-state index in [4.69, 9.17) is 4.74 Å².